The molecule has 3 rings (SSSR count). The molecule has 0 spiro atoms. The van der Waals surface area contributed by atoms with Gasteiger partial charge in [-0.25, -0.2) is 5.43 Å². The SMILES string of the molecule is O=C(CC(=O)Nc1cccc(C(F)(F)F)c1)NN=Cc1cc(Cl)ccc1OCc1cccc(Cl)c1. The number of benzene rings is 3. The molecule has 35 heavy (non-hydrogen) atoms. The van der Waals surface area contributed by atoms with Crippen LogP contribution in [0.2, 0.25) is 10.0 Å². The molecule has 0 saturated heterocycles. The van der Waals surface area contributed by atoms with Gasteiger partial charge in [-0.2, -0.15) is 18.3 Å². The quantitative estimate of drug-likeness (QED) is 0.213. The molecule has 0 saturated carbocycles. The number of carbonyl (C=O) groups excluding carboxylic acids is 2. The van der Waals surface area contributed by atoms with E-state index < -0.39 is 30.0 Å². The third kappa shape index (κ3) is 8.31. The molecule has 0 fully saturated rings. The monoisotopic (exact) mass is 523 g/mol. The first-order valence-corrected chi connectivity index (χ1v) is 10.8. The smallest absolute Gasteiger partial charge is 0.416 e. The Kier molecular flexibility index (Phi) is 8.73. The van der Waals surface area contributed by atoms with E-state index in [1.807, 2.05) is 6.07 Å². The molecule has 6 nitrogen and oxygen atoms in total. The summed E-state index contributed by atoms with van der Waals surface area (Å²) in [4.78, 5) is 24.0. The predicted molar refractivity (Wildman–Crippen MR) is 128 cm³/mol. The highest BCUT2D eigenvalue weighted by molar-refractivity contribution is 6.31. The van der Waals surface area contributed by atoms with E-state index in [1.165, 1.54) is 12.3 Å². The molecule has 182 valence electrons. The molecule has 0 radical (unpaired) electrons. The summed E-state index contributed by atoms with van der Waals surface area (Å²) in [5.41, 5.74) is 2.49. The van der Waals surface area contributed by atoms with Crippen molar-refractivity contribution in [3.8, 4) is 5.75 Å². The van der Waals surface area contributed by atoms with Crippen molar-refractivity contribution in [2.24, 2.45) is 5.10 Å². The molecule has 0 unspecified atom stereocenters. The number of alkyl halides is 3. The average Bonchev–Trinajstić information content (AvgIpc) is 2.78. The van der Waals surface area contributed by atoms with Crippen molar-refractivity contribution in [1.82, 2.24) is 5.43 Å². The summed E-state index contributed by atoms with van der Waals surface area (Å²) in [5.74, 6) is -1.13. The Bertz CT molecular complexity index is 1250. The molecule has 0 aliphatic heterocycles. The normalized spacial score (nSPS) is 11.3. The van der Waals surface area contributed by atoms with E-state index in [4.69, 9.17) is 27.9 Å². The van der Waals surface area contributed by atoms with E-state index in [9.17, 15) is 22.8 Å². The van der Waals surface area contributed by atoms with Gasteiger partial charge in [0.15, 0.2) is 0 Å². The minimum atomic E-state index is -4.55. The first kappa shape index (κ1) is 26.1. The molecule has 2 amide bonds. The molecule has 0 aliphatic carbocycles. The van der Waals surface area contributed by atoms with Crippen molar-refractivity contribution < 1.29 is 27.5 Å². The summed E-state index contributed by atoms with van der Waals surface area (Å²) < 4.78 is 44.1. The Morgan fingerprint density at radius 1 is 0.943 bits per heavy atom. The number of nitrogens with zero attached hydrogens (tertiary/aromatic N) is 1. The van der Waals surface area contributed by atoms with Gasteiger partial charge in [0.1, 0.15) is 18.8 Å². The number of rotatable bonds is 8. The van der Waals surface area contributed by atoms with E-state index in [0.29, 0.717) is 21.4 Å². The lowest BCUT2D eigenvalue weighted by Gasteiger charge is -2.10. The summed E-state index contributed by atoms with van der Waals surface area (Å²) >= 11 is 12.0. The second kappa shape index (κ2) is 11.7. The Morgan fingerprint density at radius 3 is 2.43 bits per heavy atom. The number of halogens is 5. The van der Waals surface area contributed by atoms with E-state index in [1.54, 1.807) is 36.4 Å². The van der Waals surface area contributed by atoms with Crippen LogP contribution < -0.4 is 15.5 Å². The number of hydrazone groups is 1. The van der Waals surface area contributed by atoms with Gasteiger partial charge in [-0.3, -0.25) is 9.59 Å². The predicted octanol–water partition coefficient (Wildman–Crippen LogP) is 6.07. The van der Waals surface area contributed by atoms with Crippen LogP contribution in [0.5, 0.6) is 5.75 Å². The fourth-order valence-electron chi connectivity index (χ4n) is 2.88. The van der Waals surface area contributed by atoms with Crippen molar-refractivity contribution in [1.29, 1.82) is 0 Å². The van der Waals surface area contributed by atoms with E-state index in [0.717, 1.165) is 23.8 Å². The largest absolute Gasteiger partial charge is 0.488 e. The van der Waals surface area contributed by atoms with Gasteiger partial charge in [-0.1, -0.05) is 41.4 Å². The van der Waals surface area contributed by atoms with Crippen LogP contribution in [0.3, 0.4) is 0 Å². The Morgan fingerprint density at radius 2 is 1.69 bits per heavy atom. The van der Waals surface area contributed by atoms with Crippen molar-refractivity contribution in [2.45, 2.75) is 19.2 Å². The van der Waals surface area contributed by atoms with Crippen LogP contribution in [0.25, 0.3) is 0 Å². The molecule has 0 aromatic heterocycles. The number of amides is 2. The van der Waals surface area contributed by atoms with Crippen molar-refractivity contribution in [3.05, 3.63) is 93.5 Å². The average molecular weight is 524 g/mol. The van der Waals surface area contributed by atoms with Crippen molar-refractivity contribution >= 4 is 46.9 Å². The zero-order valence-electron chi connectivity index (χ0n) is 17.9. The number of hydrogen-bond acceptors (Lipinski definition) is 4. The van der Waals surface area contributed by atoms with Gasteiger partial charge in [0.05, 0.1) is 11.8 Å². The molecule has 11 heteroatoms. The fraction of sp³-hybridized carbons (Fsp3) is 0.125. The second-order valence-electron chi connectivity index (χ2n) is 7.20. The summed E-state index contributed by atoms with van der Waals surface area (Å²) in [6.07, 6.45) is -3.91. The van der Waals surface area contributed by atoms with Crippen LogP contribution in [0.15, 0.2) is 71.8 Å². The lowest BCUT2D eigenvalue weighted by atomic mass is 10.2. The number of nitrogens with one attached hydrogen (secondary N) is 2. The van der Waals surface area contributed by atoms with E-state index in [2.05, 4.69) is 15.8 Å². The first-order valence-electron chi connectivity index (χ1n) is 10.1. The molecule has 3 aromatic carbocycles. The lowest BCUT2D eigenvalue weighted by molar-refractivity contribution is -0.137. The molecule has 0 atom stereocenters. The van der Waals surface area contributed by atoms with Gasteiger partial charge in [-0.15, -0.1) is 0 Å². The Balaban J connectivity index is 1.56. The van der Waals surface area contributed by atoms with Gasteiger partial charge < -0.3 is 10.1 Å². The van der Waals surface area contributed by atoms with Crippen LogP contribution in [0.4, 0.5) is 18.9 Å². The highest BCUT2D eigenvalue weighted by Crippen LogP contribution is 2.30. The topological polar surface area (TPSA) is 79.8 Å². The zero-order chi connectivity index (χ0) is 25.4. The number of anilines is 1. The van der Waals surface area contributed by atoms with E-state index in [-0.39, 0.29) is 12.3 Å². The van der Waals surface area contributed by atoms with Crippen LogP contribution in [0.1, 0.15) is 23.1 Å². The van der Waals surface area contributed by atoms with Crippen molar-refractivity contribution in [2.75, 3.05) is 5.32 Å². The molecule has 0 bridgehead atoms. The molecule has 0 heterocycles. The maximum atomic E-state index is 12.8. The summed E-state index contributed by atoms with van der Waals surface area (Å²) in [5, 5.41) is 7.04. The molecule has 2 N–H and O–H groups in total. The molecule has 3 aromatic rings. The molecular formula is C24H18Cl2F3N3O3. The standard InChI is InChI=1S/C24H18Cl2F3N3O3/c25-18-5-1-3-15(9-18)14-35-21-8-7-19(26)10-16(21)13-30-32-23(34)12-22(33)31-20-6-2-4-17(11-20)24(27,28)29/h1-11,13H,12,14H2,(H,31,33)(H,32,34). The minimum absolute atomic E-state index is 0.0819. The Hall–Kier alpha value is -3.56. The van der Waals surface area contributed by atoms with Gasteiger partial charge >= 0.3 is 6.18 Å². The van der Waals surface area contributed by atoms with Crippen LogP contribution >= 0.6 is 23.2 Å². The third-order valence-corrected chi connectivity index (χ3v) is 4.91. The molecular weight excluding hydrogens is 506 g/mol. The van der Waals surface area contributed by atoms with Gasteiger partial charge in [-0.05, 0) is 54.1 Å². The van der Waals surface area contributed by atoms with Crippen LogP contribution in [0, 0.1) is 0 Å². The van der Waals surface area contributed by atoms with Gasteiger partial charge in [0, 0.05) is 21.3 Å². The van der Waals surface area contributed by atoms with E-state index >= 15 is 0 Å². The summed E-state index contributed by atoms with van der Waals surface area (Å²) in [7, 11) is 0. The van der Waals surface area contributed by atoms with Crippen LogP contribution in [-0.2, 0) is 22.4 Å². The molecule has 0 aliphatic rings. The number of ether oxygens (including phenoxy) is 1. The summed E-state index contributed by atoms with van der Waals surface area (Å²) in [6.45, 7) is 0.227. The van der Waals surface area contributed by atoms with Crippen molar-refractivity contribution in [3.63, 3.8) is 0 Å². The number of hydrogen-bond donors (Lipinski definition) is 2. The third-order valence-electron chi connectivity index (χ3n) is 4.44. The summed E-state index contributed by atoms with van der Waals surface area (Å²) in [6, 6.07) is 16.1. The lowest BCUT2D eigenvalue weighted by Crippen LogP contribution is -2.24. The minimum Gasteiger partial charge on any atom is -0.488 e. The fourth-order valence-corrected chi connectivity index (χ4v) is 3.27. The highest BCUT2D eigenvalue weighted by Gasteiger charge is 2.30. The zero-order valence-corrected chi connectivity index (χ0v) is 19.4. The first-order chi connectivity index (χ1) is 16.6. The number of carbonyl (C=O) groups is 2. The van der Waals surface area contributed by atoms with Gasteiger partial charge in [0.25, 0.3) is 0 Å². The Labute approximate surface area is 208 Å². The maximum absolute atomic E-state index is 12.8. The highest BCUT2D eigenvalue weighted by atomic mass is 35.5. The van der Waals surface area contributed by atoms with Gasteiger partial charge in [0.2, 0.25) is 11.8 Å². The maximum Gasteiger partial charge on any atom is 0.416 e. The van der Waals surface area contributed by atoms with Crippen LogP contribution in [-0.4, -0.2) is 18.0 Å². The second-order valence-corrected chi connectivity index (χ2v) is 8.07.